The summed E-state index contributed by atoms with van der Waals surface area (Å²) in [5, 5.41) is 59.9. The topological polar surface area (TPSA) is 230 Å². The van der Waals surface area contributed by atoms with E-state index in [4.69, 9.17) is 18.5 Å². The van der Waals surface area contributed by atoms with Gasteiger partial charge in [-0.15, -0.1) is 0 Å². The van der Waals surface area contributed by atoms with Crippen molar-refractivity contribution < 1.29 is 68.2 Å². The molecule has 1 aliphatic carbocycles. The van der Waals surface area contributed by atoms with E-state index in [1.165, 1.54) is 57.8 Å². The van der Waals surface area contributed by atoms with Gasteiger partial charge in [0.05, 0.1) is 12.7 Å². The minimum Gasteiger partial charge on any atom is -0.462 e. The van der Waals surface area contributed by atoms with Gasteiger partial charge in [-0.3, -0.25) is 18.6 Å². The summed E-state index contributed by atoms with van der Waals surface area (Å²) >= 11 is 0. The molecular weight excluding hydrogens is 843 g/mol. The first-order valence-electron chi connectivity index (χ1n) is 24.2. The highest BCUT2D eigenvalue weighted by Crippen LogP contribution is 2.47. The summed E-state index contributed by atoms with van der Waals surface area (Å²) in [6.45, 7) is 3.05. The van der Waals surface area contributed by atoms with Gasteiger partial charge in [-0.2, -0.15) is 0 Å². The number of hydrogen-bond donors (Lipinski definition) is 7. The molecule has 1 fully saturated rings. The van der Waals surface area contributed by atoms with Crippen molar-refractivity contribution in [3.05, 3.63) is 60.8 Å². The summed E-state index contributed by atoms with van der Waals surface area (Å²) < 4.78 is 33.5. The average Bonchev–Trinajstić information content (AvgIpc) is 3.27. The van der Waals surface area contributed by atoms with E-state index < -0.39 is 75.7 Å². The van der Waals surface area contributed by atoms with Gasteiger partial charge in [0.2, 0.25) is 0 Å². The van der Waals surface area contributed by atoms with Gasteiger partial charge in [-0.1, -0.05) is 145 Å². The van der Waals surface area contributed by atoms with E-state index >= 15 is 0 Å². The van der Waals surface area contributed by atoms with Crippen molar-refractivity contribution in [1.82, 2.24) is 0 Å². The zero-order chi connectivity index (χ0) is 47.3. The van der Waals surface area contributed by atoms with E-state index in [2.05, 4.69) is 50.3 Å². The minimum atomic E-state index is -5.15. The normalized spacial score (nSPS) is 22.6. The summed E-state index contributed by atoms with van der Waals surface area (Å²) in [6.07, 6.45) is 30.5. The third kappa shape index (κ3) is 30.7. The molecule has 0 aromatic rings. The lowest BCUT2D eigenvalue weighted by Crippen LogP contribution is -2.64. The molecule has 0 aromatic heterocycles. The minimum absolute atomic E-state index is 0.00321. The van der Waals surface area contributed by atoms with Gasteiger partial charge in [-0.05, 0) is 77.0 Å². The summed E-state index contributed by atoms with van der Waals surface area (Å²) in [4.78, 5) is 35.7. The molecule has 0 radical (unpaired) electrons. The Morgan fingerprint density at radius 2 is 1.00 bits per heavy atom. The van der Waals surface area contributed by atoms with Gasteiger partial charge in [0, 0.05) is 12.8 Å². The van der Waals surface area contributed by atoms with E-state index in [0.29, 0.717) is 25.7 Å². The van der Waals surface area contributed by atoms with Crippen LogP contribution in [0.1, 0.15) is 174 Å². The highest BCUT2D eigenvalue weighted by atomic mass is 31.2. The van der Waals surface area contributed by atoms with Crippen molar-refractivity contribution in [3.63, 3.8) is 0 Å². The van der Waals surface area contributed by atoms with E-state index in [0.717, 1.165) is 64.2 Å². The Balaban J connectivity index is 2.49. The molecule has 1 rings (SSSR count). The number of aliphatic hydroxyl groups excluding tert-OH is 6. The predicted molar refractivity (Wildman–Crippen MR) is 250 cm³/mol. The summed E-state index contributed by atoms with van der Waals surface area (Å²) in [5.41, 5.74) is 0. The monoisotopic (exact) mass is 929 g/mol. The smallest absolute Gasteiger partial charge is 0.462 e. The molecule has 7 N–H and O–H groups in total. The zero-order valence-corrected chi connectivity index (χ0v) is 39.8. The van der Waals surface area contributed by atoms with Gasteiger partial charge < -0.3 is 45.0 Å². The van der Waals surface area contributed by atoms with E-state index in [-0.39, 0.29) is 18.9 Å². The Morgan fingerprint density at radius 1 is 0.547 bits per heavy atom. The number of rotatable bonds is 39. The van der Waals surface area contributed by atoms with E-state index in [9.17, 15) is 49.7 Å². The van der Waals surface area contributed by atoms with Crippen LogP contribution in [-0.2, 0) is 32.7 Å². The van der Waals surface area contributed by atoms with Crippen molar-refractivity contribution in [2.24, 2.45) is 0 Å². The standard InChI is InChI=1S/C49H85O14P/c1-3-5-6-7-8-9-10-11-12-13-14-17-20-23-26-29-32-36-42(51)60-38-41(39-61-64(58,59)63-49-47(56)45(54)44(53)46(55)48(49)57)62-43(52)37-33-30-27-24-21-18-15-16-19-22-25-28-31-35-40(50)34-4-2/h11-12,15,18-19,22,24,27-28,31,40-41,44-50,53-57H,3-10,13-14,16-17,20-21,23,25-26,29-30,32-39H2,1-2H3,(H,58,59)/b12-11-,18-15-,22-19-,27-24-,31-28-/t40?,41-,44?,45-,46+,47-,48-,49?/m1/s1. The summed E-state index contributed by atoms with van der Waals surface area (Å²) in [6, 6.07) is 0. The Kier molecular flexibility index (Phi) is 35.9. The molecule has 0 heterocycles. The molecule has 14 nitrogen and oxygen atoms in total. The van der Waals surface area contributed by atoms with Crippen molar-refractivity contribution in [3.8, 4) is 0 Å². The van der Waals surface area contributed by atoms with Gasteiger partial charge >= 0.3 is 19.8 Å². The van der Waals surface area contributed by atoms with Crippen LogP contribution >= 0.6 is 7.82 Å². The molecule has 0 bridgehead atoms. The molecule has 1 saturated carbocycles. The number of esters is 2. The maximum absolute atomic E-state index is 12.8. The number of allylic oxidation sites excluding steroid dienone is 9. The third-order valence-electron chi connectivity index (χ3n) is 10.9. The summed E-state index contributed by atoms with van der Waals surface area (Å²) in [5.74, 6) is -1.19. The Labute approximate surface area is 384 Å². The molecule has 0 aliphatic heterocycles. The zero-order valence-electron chi connectivity index (χ0n) is 38.9. The van der Waals surface area contributed by atoms with Crippen LogP contribution in [0.4, 0.5) is 0 Å². The maximum atomic E-state index is 12.8. The predicted octanol–water partition coefficient (Wildman–Crippen LogP) is 8.70. The summed E-state index contributed by atoms with van der Waals surface area (Å²) in [7, 11) is -5.15. The quantitative estimate of drug-likeness (QED) is 0.0132. The molecule has 0 aromatic carbocycles. The van der Waals surface area contributed by atoms with Gasteiger partial charge in [0.25, 0.3) is 0 Å². The van der Waals surface area contributed by atoms with Crippen LogP contribution in [-0.4, -0.2) is 110 Å². The first kappa shape index (κ1) is 59.5. The Bertz CT molecular complexity index is 1370. The molecule has 9 atom stereocenters. The average molecular weight is 929 g/mol. The lowest BCUT2D eigenvalue weighted by Gasteiger charge is -2.41. The molecule has 1 aliphatic rings. The Hall–Kier alpha value is -2.49. The number of hydrogen-bond acceptors (Lipinski definition) is 13. The number of unbranched alkanes of at least 4 members (excludes halogenated alkanes) is 14. The highest BCUT2D eigenvalue weighted by molar-refractivity contribution is 7.47. The third-order valence-corrected chi connectivity index (χ3v) is 11.9. The number of aliphatic hydroxyl groups is 6. The first-order chi connectivity index (χ1) is 30.8. The van der Waals surface area contributed by atoms with Crippen LogP contribution in [0.15, 0.2) is 60.8 Å². The van der Waals surface area contributed by atoms with E-state index in [1.54, 1.807) is 0 Å². The molecule has 0 spiro atoms. The number of phosphoric acid groups is 1. The number of carbonyl (C=O) groups is 2. The second kappa shape index (κ2) is 38.6. The van der Waals surface area contributed by atoms with Crippen LogP contribution in [0.5, 0.6) is 0 Å². The van der Waals surface area contributed by atoms with Crippen LogP contribution < -0.4 is 0 Å². The van der Waals surface area contributed by atoms with Crippen LogP contribution in [0.25, 0.3) is 0 Å². The van der Waals surface area contributed by atoms with Crippen LogP contribution in [0.2, 0.25) is 0 Å². The van der Waals surface area contributed by atoms with Crippen LogP contribution in [0, 0.1) is 0 Å². The van der Waals surface area contributed by atoms with Crippen molar-refractivity contribution >= 4 is 19.8 Å². The molecular formula is C49H85O14P. The number of carbonyl (C=O) groups excluding carboxylic acids is 2. The van der Waals surface area contributed by atoms with Gasteiger partial charge in [0.15, 0.2) is 6.10 Å². The highest BCUT2D eigenvalue weighted by Gasteiger charge is 2.51. The van der Waals surface area contributed by atoms with Gasteiger partial charge in [-0.25, -0.2) is 4.57 Å². The molecule has 64 heavy (non-hydrogen) atoms. The van der Waals surface area contributed by atoms with Crippen LogP contribution in [0.3, 0.4) is 0 Å². The van der Waals surface area contributed by atoms with Gasteiger partial charge in [0.1, 0.15) is 43.2 Å². The molecule has 370 valence electrons. The van der Waals surface area contributed by atoms with E-state index in [1.807, 2.05) is 24.3 Å². The number of phosphoric ester groups is 1. The lowest BCUT2D eigenvalue weighted by molar-refractivity contribution is -0.220. The molecule has 0 saturated heterocycles. The lowest BCUT2D eigenvalue weighted by atomic mass is 9.85. The molecule has 0 amide bonds. The molecule has 4 unspecified atom stereocenters. The number of ether oxygens (including phenoxy) is 2. The SMILES string of the molecule is CCCCCCCC/C=C\CCCCCCCCCC(=O)OC[C@H](COP(=O)(O)OC1[C@H](O)[C@H](O)C(O)[C@H](O)[C@H]1O)OC(=O)CCC/C=C\C/C=C\C/C=C\C/C=C\CC(O)CCC. The maximum Gasteiger partial charge on any atom is 0.472 e. The van der Waals surface area contributed by atoms with Crippen molar-refractivity contribution in [2.45, 2.75) is 223 Å². The fourth-order valence-electron chi connectivity index (χ4n) is 7.00. The Morgan fingerprint density at radius 3 is 1.56 bits per heavy atom. The second-order valence-corrected chi connectivity index (χ2v) is 18.2. The molecule has 15 heteroatoms. The largest absolute Gasteiger partial charge is 0.472 e. The fraction of sp³-hybridized carbons (Fsp3) is 0.755. The fourth-order valence-corrected chi connectivity index (χ4v) is 7.97. The second-order valence-electron chi connectivity index (χ2n) is 16.8. The first-order valence-corrected chi connectivity index (χ1v) is 25.7. The van der Waals surface area contributed by atoms with Crippen molar-refractivity contribution in [1.29, 1.82) is 0 Å². The van der Waals surface area contributed by atoms with Crippen molar-refractivity contribution in [2.75, 3.05) is 13.2 Å².